The van der Waals surface area contributed by atoms with Crippen molar-refractivity contribution >= 4 is 11.8 Å². The molecule has 2 saturated heterocycles. The molecule has 6 heteroatoms. The molecule has 0 unspecified atom stereocenters. The van der Waals surface area contributed by atoms with Gasteiger partial charge in [0.15, 0.2) is 0 Å². The first-order valence-corrected chi connectivity index (χ1v) is 8.77. The summed E-state index contributed by atoms with van der Waals surface area (Å²) in [5.74, 6) is 1.50. The Morgan fingerprint density at radius 3 is 3.04 bits per heavy atom. The fourth-order valence-corrected chi connectivity index (χ4v) is 3.87. The minimum atomic E-state index is -0.492. The minimum Gasteiger partial charge on any atom is -0.477 e. The Labute approximate surface area is 141 Å². The van der Waals surface area contributed by atoms with Crippen LogP contribution in [0.25, 0.3) is 0 Å². The zero-order valence-electron chi connectivity index (χ0n) is 13.7. The van der Waals surface area contributed by atoms with E-state index < -0.39 is 5.41 Å². The third-order valence-corrected chi connectivity index (χ3v) is 5.63. The summed E-state index contributed by atoms with van der Waals surface area (Å²) < 4.78 is 5.79. The first-order chi connectivity index (χ1) is 11.7. The van der Waals surface area contributed by atoms with Crippen molar-refractivity contribution in [3.63, 3.8) is 0 Å². The van der Waals surface area contributed by atoms with Crippen molar-refractivity contribution in [2.75, 3.05) is 26.2 Å². The first kappa shape index (κ1) is 15.4. The molecule has 3 aliphatic rings. The maximum Gasteiger partial charge on any atom is 0.228 e. The largest absolute Gasteiger partial charge is 0.477 e. The highest BCUT2D eigenvalue weighted by atomic mass is 16.5. The van der Waals surface area contributed by atoms with Gasteiger partial charge in [0.2, 0.25) is 17.7 Å². The molecule has 1 aliphatic carbocycles. The van der Waals surface area contributed by atoms with Crippen LogP contribution < -0.4 is 10.1 Å². The Kier molecular flexibility index (Phi) is 3.90. The smallest absolute Gasteiger partial charge is 0.228 e. The molecule has 128 valence electrons. The molecule has 24 heavy (non-hydrogen) atoms. The number of hydrogen-bond donors (Lipinski definition) is 1. The summed E-state index contributed by atoms with van der Waals surface area (Å²) >= 11 is 0. The van der Waals surface area contributed by atoms with Crippen molar-refractivity contribution in [2.45, 2.75) is 25.7 Å². The van der Waals surface area contributed by atoms with Crippen molar-refractivity contribution in [3.8, 4) is 5.88 Å². The van der Waals surface area contributed by atoms with Crippen LogP contribution in [0.4, 0.5) is 0 Å². The lowest BCUT2D eigenvalue weighted by molar-refractivity contribution is -0.132. The van der Waals surface area contributed by atoms with E-state index in [1.54, 1.807) is 6.20 Å². The monoisotopic (exact) mass is 329 g/mol. The number of hydrogen-bond acceptors (Lipinski definition) is 4. The summed E-state index contributed by atoms with van der Waals surface area (Å²) in [4.78, 5) is 30.9. The molecule has 1 N–H and O–H groups in total. The second-order valence-corrected chi connectivity index (χ2v) is 7.25. The lowest BCUT2D eigenvalue weighted by atomic mass is 9.77. The Morgan fingerprint density at radius 1 is 1.42 bits per heavy atom. The van der Waals surface area contributed by atoms with Gasteiger partial charge in [0, 0.05) is 44.2 Å². The van der Waals surface area contributed by atoms with Gasteiger partial charge in [0.05, 0.1) is 12.0 Å². The number of amides is 2. The number of likely N-dealkylation sites (tertiary alicyclic amines) is 1. The molecular formula is C18H23N3O3. The summed E-state index contributed by atoms with van der Waals surface area (Å²) in [6.07, 6.45) is 5.41. The van der Waals surface area contributed by atoms with Crippen LogP contribution in [0.15, 0.2) is 24.4 Å². The molecule has 3 fully saturated rings. The van der Waals surface area contributed by atoms with Crippen LogP contribution in [0.2, 0.25) is 0 Å². The molecule has 6 nitrogen and oxygen atoms in total. The van der Waals surface area contributed by atoms with Gasteiger partial charge < -0.3 is 15.0 Å². The van der Waals surface area contributed by atoms with Gasteiger partial charge in [-0.1, -0.05) is 6.07 Å². The quantitative estimate of drug-likeness (QED) is 0.882. The van der Waals surface area contributed by atoms with Gasteiger partial charge in [-0.2, -0.15) is 0 Å². The molecule has 4 rings (SSSR count). The van der Waals surface area contributed by atoms with E-state index in [1.807, 2.05) is 23.1 Å². The molecule has 2 amide bonds. The summed E-state index contributed by atoms with van der Waals surface area (Å²) in [6, 6.07) is 5.54. The molecule has 0 radical (unpaired) electrons. The zero-order valence-corrected chi connectivity index (χ0v) is 13.7. The van der Waals surface area contributed by atoms with Crippen molar-refractivity contribution in [3.05, 3.63) is 24.4 Å². The topological polar surface area (TPSA) is 71.5 Å². The van der Waals surface area contributed by atoms with E-state index in [4.69, 9.17) is 4.74 Å². The maximum absolute atomic E-state index is 12.5. The number of carbonyl (C=O) groups is 2. The van der Waals surface area contributed by atoms with Gasteiger partial charge in [-0.25, -0.2) is 4.98 Å². The number of nitrogens with one attached hydrogen (secondary N) is 1. The average Bonchev–Trinajstić information content (AvgIpc) is 3.21. The molecule has 2 atom stereocenters. The minimum absolute atomic E-state index is 0.0684. The number of carbonyl (C=O) groups excluding carboxylic acids is 2. The summed E-state index contributed by atoms with van der Waals surface area (Å²) in [6.45, 7) is 2.26. The average molecular weight is 329 g/mol. The van der Waals surface area contributed by atoms with Gasteiger partial charge in [0.1, 0.15) is 0 Å². The van der Waals surface area contributed by atoms with E-state index in [-0.39, 0.29) is 17.7 Å². The third-order valence-electron chi connectivity index (χ3n) is 5.63. The fraction of sp³-hybridized carbons (Fsp3) is 0.611. The van der Waals surface area contributed by atoms with E-state index in [0.717, 1.165) is 6.42 Å². The van der Waals surface area contributed by atoms with Crippen molar-refractivity contribution in [1.29, 1.82) is 0 Å². The van der Waals surface area contributed by atoms with Gasteiger partial charge in [-0.3, -0.25) is 9.59 Å². The first-order valence-electron chi connectivity index (χ1n) is 8.77. The SMILES string of the molecule is O=C(CC1CC1)N1CC[C@@]2(C1)C(=O)NC[C@@H]2COc1ccccn1. The van der Waals surface area contributed by atoms with Crippen LogP contribution in [0.1, 0.15) is 25.7 Å². The van der Waals surface area contributed by atoms with Crippen LogP contribution in [0.3, 0.4) is 0 Å². The molecule has 3 heterocycles. The molecule has 2 aliphatic heterocycles. The molecule has 0 aromatic carbocycles. The van der Waals surface area contributed by atoms with Crippen molar-refractivity contribution in [2.24, 2.45) is 17.3 Å². The number of pyridine rings is 1. The molecule has 1 spiro atoms. The van der Waals surface area contributed by atoms with Gasteiger partial charge >= 0.3 is 0 Å². The zero-order chi connectivity index (χ0) is 16.6. The second kappa shape index (κ2) is 6.07. The van der Waals surface area contributed by atoms with Crippen molar-refractivity contribution in [1.82, 2.24) is 15.2 Å². The Balaban J connectivity index is 1.41. The number of aromatic nitrogens is 1. The molecular weight excluding hydrogens is 306 g/mol. The van der Waals surface area contributed by atoms with Crippen LogP contribution in [0, 0.1) is 17.3 Å². The van der Waals surface area contributed by atoms with Gasteiger partial charge in [-0.05, 0) is 31.2 Å². The Bertz CT molecular complexity index is 632. The highest BCUT2D eigenvalue weighted by Gasteiger charge is 2.55. The fourth-order valence-electron chi connectivity index (χ4n) is 3.87. The van der Waals surface area contributed by atoms with E-state index in [2.05, 4.69) is 10.3 Å². The standard InChI is InChI=1S/C18H23N3O3/c22-16(9-13-4-5-13)21-8-6-18(12-21)14(10-20-17(18)23)11-24-15-3-1-2-7-19-15/h1-3,7,13-14H,4-6,8-12H2,(H,20,23)/t14-,18+/m1/s1. The van der Waals surface area contributed by atoms with Crippen LogP contribution in [-0.2, 0) is 9.59 Å². The van der Waals surface area contributed by atoms with E-state index >= 15 is 0 Å². The molecule has 1 aromatic heterocycles. The lowest BCUT2D eigenvalue weighted by Gasteiger charge is -2.28. The predicted molar refractivity (Wildman–Crippen MR) is 87.2 cm³/mol. The number of nitrogens with zero attached hydrogens (tertiary/aromatic N) is 2. The highest BCUT2D eigenvalue weighted by molar-refractivity contribution is 5.87. The molecule has 1 saturated carbocycles. The van der Waals surface area contributed by atoms with Gasteiger partial charge in [-0.15, -0.1) is 0 Å². The van der Waals surface area contributed by atoms with Crippen LogP contribution in [-0.4, -0.2) is 47.9 Å². The van der Waals surface area contributed by atoms with E-state index in [1.165, 1.54) is 12.8 Å². The second-order valence-electron chi connectivity index (χ2n) is 7.25. The maximum atomic E-state index is 12.5. The van der Waals surface area contributed by atoms with E-state index in [9.17, 15) is 9.59 Å². The highest BCUT2D eigenvalue weighted by Crippen LogP contribution is 2.42. The normalized spacial score (nSPS) is 29.1. The third kappa shape index (κ3) is 2.85. The van der Waals surface area contributed by atoms with Crippen LogP contribution >= 0.6 is 0 Å². The van der Waals surface area contributed by atoms with Crippen molar-refractivity contribution < 1.29 is 14.3 Å². The number of ether oxygens (including phenoxy) is 1. The van der Waals surface area contributed by atoms with E-state index in [0.29, 0.717) is 44.5 Å². The predicted octanol–water partition coefficient (Wildman–Crippen LogP) is 1.23. The Morgan fingerprint density at radius 2 is 2.29 bits per heavy atom. The van der Waals surface area contributed by atoms with Gasteiger partial charge in [0.25, 0.3) is 0 Å². The summed E-state index contributed by atoms with van der Waals surface area (Å²) in [5, 5.41) is 2.97. The summed E-state index contributed by atoms with van der Waals surface area (Å²) in [7, 11) is 0. The number of rotatable bonds is 5. The van der Waals surface area contributed by atoms with Crippen LogP contribution in [0.5, 0.6) is 5.88 Å². The molecule has 1 aromatic rings. The molecule has 0 bridgehead atoms. The summed E-state index contributed by atoms with van der Waals surface area (Å²) in [5.41, 5.74) is -0.492. The Hall–Kier alpha value is -2.11. The lowest BCUT2D eigenvalue weighted by Crippen LogP contribution is -2.41.